The standard InChI is InChI=1S/C16H26N2O3/c19-14(11-16(15(20)21)6-1-2-7-16)18-10-5-13(12-18)17-8-3-4-9-17/h13H,1-12H2,(H,20,21). The van der Waals surface area contributed by atoms with Gasteiger partial charge < -0.3 is 10.0 Å². The Balaban J connectivity index is 1.57. The Kier molecular flexibility index (Phi) is 4.20. The number of aliphatic carboxylic acids is 1. The second kappa shape index (κ2) is 5.95. The van der Waals surface area contributed by atoms with Gasteiger partial charge in [0.05, 0.1) is 5.41 Å². The van der Waals surface area contributed by atoms with Crippen molar-refractivity contribution in [1.82, 2.24) is 9.80 Å². The zero-order valence-electron chi connectivity index (χ0n) is 12.7. The van der Waals surface area contributed by atoms with Gasteiger partial charge in [0.1, 0.15) is 0 Å². The van der Waals surface area contributed by atoms with Crippen LogP contribution in [0.3, 0.4) is 0 Å². The molecule has 2 saturated heterocycles. The summed E-state index contributed by atoms with van der Waals surface area (Å²) < 4.78 is 0. The average Bonchev–Trinajstić information content (AvgIpc) is 3.20. The third-order valence-corrected chi connectivity index (χ3v) is 5.68. The second-order valence-electron chi connectivity index (χ2n) is 6.99. The van der Waals surface area contributed by atoms with Crippen LogP contribution in [0.1, 0.15) is 51.4 Å². The number of rotatable bonds is 4. The fourth-order valence-electron chi connectivity index (χ4n) is 4.29. The lowest BCUT2D eigenvalue weighted by Gasteiger charge is -2.27. The third-order valence-electron chi connectivity index (χ3n) is 5.68. The molecule has 0 aromatic carbocycles. The van der Waals surface area contributed by atoms with E-state index in [0.29, 0.717) is 18.9 Å². The molecule has 0 spiro atoms. The maximum absolute atomic E-state index is 12.5. The summed E-state index contributed by atoms with van der Waals surface area (Å²) in [5.74, 6) is -0.718. The number of likely N-dealkylation sites (tertiary alicyclic amines) is 2. The van der Waals surface area contributed by atoms with E-state index in [4.69, 9.17) is 0 Å². The van der Waals surface area contributed by atoms with Crippen molar-refractivity contribution < 1.29 is 14.7 Å². The first-order valence-electron chi connectivity index (χ1n) is 8.36. The summed E-state index contributed by atoms with van der Waals surface area (Å²) in [6.07, 6.45) is 7.00. The Hall–Kier alpha value is -1.10. The van der Waals surface area contributed by atoms with E-state index in [1.54, 1.807) is 0 Å². The van der Waals surface area contributed by atoms with Crippen LogP contribution in [0.25, 0.3) is 0 Å². The molecule has 118 valence electrons. The number of carbonyl (C=O) groups is 2. The van der Waals surface area contributed by atoms with Gasteiger partial charge >= 0.3 is 5.97 Å². The first-order valence-corrected chi connectivity index (χ1v) is 8.36. The van der Waals surface area contributed by atoms with Gasteiger partial charge in [-0.25, -0.2) is 0 Å². The molecule has 2 aliphatic heterocycles. The summed E-state index contributed by atoms with van der Waals surface area (Å²) in [7, 11) is 0. The van der Waals surface area contributed by atoms with Crippen LogP contribution in [0.15, 0.2) is 0 Å². The molecule has 1 amide bonds. The minimum atomic E-state index is -0.775. The first kappa shape index (κ1) is 14.8. The van der Waals surface area contributed by atoms with Gasteiger partial charge in [-0.3, -0.25) is 14.5 Å². The molecule has 5 nitrogen and oxygen atoms in total. The molecular formula is C16H26N2O3. The van der Waals surface area contributed by atoms with Gasteiger partial charge in [0, 0.05) is 25.6 Å². The zero-order valence-corrected chi connectivity index (χ0v) is 12.7. The third kappa shape index (κ3) is 2.93. The van der Waals surface area contributed by atoms with Crippen LogP contribution >= 0.6 is 0 Å². The molecule has 0 aromatic heterocycles. The average molecular weight is 294 g/mol. The molecule has 1 unspecified atom stereocenters. The number of carbonyl (C=O) groups excluding carboxylic acids is 1. The molecule has 3 aliphatic rings. The molecule has 1 aliphatic carbocycles. The van der Waals surface area contributed by atoms with E-state index in [1.807, 2.05) is 4.90 Å². The minimum Gasteiger partial charge on any atom is -0.481 e. The van der Waals surface area contributed by atoms with Gasteiger partial charge in [-0.05, 0) is 45.2 Å². The molecule has 0 aromatic rings. The molecule has 0 radical (unpaired) electrons. The normalized spacial score (nSPS) is 29.1. The van der Waals surface area contributed by atoms with E-state index in [0.717, 1.165) is 45.4 Å². The van der Waals surface area contributed by atoms with Crippen molar-refractivity contribution in [3.05, 3.63) is 0 Å². The van der Waals surface area contributed by atoms with Crippen molar-refractivity contribution in [2.45, 2.75) is 57.4 Å². The number of nitrogens with zero attached hydrogens (tertiary/aromatic N) is 2. The first-order chi connectivity index (χ1) is 10.1. The summed E-state index contributed by atoms with van der Waals surface area (Å²) in [6.45, 7) is 3.92. The van der Waals surface area contributed by atoms with Gasteiger partial charge in [-0.2, -0.15) is 0 Å². The minimum absolute atomic E-state index is 0.0565. The highest BCUT2D eigenvalue weighted by atomic mass is 16.4. The molecule has 1 saturated carbocycles. The lowest BCUT2D eigenvalue weighted by atomic mass is 9.82. The fourth-order valence-corrected chi connectivity index (χ4v) is 4.29. The predicted molar refractivity (Wildman–Crippen MR) is 78.9 cm³/mol. The van der Waals surface area contributed by atoms with E-state index in [1.165, 1.54) is 12.8 Å². The molecule has 0 bridgehead atoms. The Morgan fingerprint density at radius 1 is 1.05 bits per heavy atom. The second-order valence-corrected chi connectivity index (χ2v) is 6.99. The summed E-state index contributed by atoms with van der Waals surface area (Å²) in [4.78, 5) is 28.5. The molecule has 1 atom stereocenters. The maximum Gasteiger partial charge on any atom is 0.310 e. The van der Waals surface area contributed by atoms with Gasteiger partial charge in [-0.15, -0.1) is 0 Å². The molecule has 21 heavy (non-hydrogen) atoms. The Bertz CT molecular complexity index is 412. The quantitative estimate of drug-likeness (QED) is 0.857. The molecule has 5 heteroatoms. The van der Waals surface area contributed by atoms with Crippen molar-refractivity contribution in [1.29, 1.82) is 0 Å². The highest BCUT2D eigenvalue weighted by Crippen LogP contribution is 2.42. The van der Waals surface area contributed by atoms with Crippen molar-refractivity contribution in [3.63, 3.8) is 0 Å². The number of carboxylic acid groups (broad SMARTS) is 1. The van der Waals surface area contributed by atoms with E-state index >= 15 is 0 Å². The fraction of sp³-hybridized carbons (Fsp3) is 0.875. The summed E-state index contributed by atoms with van der Waals surface area (Å²) in [5, 5.41) is 9.50. The van der Waals surface area contributed by atoms with Gasteiger partial charge in [0.2, 0.25) is 5.91 Å². The summed E-state index contributed by atoms with van der Waals surface area (Å²) in [5.41, 5.74) is -0.775. The SMILES string of the molecule is O=C(CC1(C(=O)O)CCCC1)N1CCC(N2CCCC2)C1. The van der Waals surface area contributed by atoms with Gasteiger partial charge in [0.25, 0.3) is 0 Å². The van der Waals surface area contributed by atoms with Crippen LogP contribution in [0.5, 0.6) is 0 Å². The topological polar surface area (TPSA) is 60.9 Å². The van der Waals surface area contributed by atoms with Crippen LogP contribution in [0, 0.1) is 5.41 Å². The van der Waals surface area contributed by atoms with E-state index in [2.05, 4.69) is 4.90 Å². The molecule has 2 heterocycles. The summed E-state index contributed by atoms with van der Waals surface area (Å²) in [6, 6.07) is 0.501. The number of amides is 1. The van der Waals surface area contributed by atoms with Gasteiger partial charge in [0.15, 0.2) is 0 Å². The largest absolute Gasteiger partial charge is 0.481 e. The van der Waals surface area contributed by atoms with Crippen molar-refractivity contribution >= 4 is 11.9 Å². The highest BCUT2D eigenvalue weighted by Gasteiger charge is 2.44. The van der Waals surface area contributed by atoms with Crippen LogP contribution < -0.4 is 0 Å². The zero-order chi connectivity index (χ0) is 14.9. The monoisotopic (exact) mass is 294 g/mol. The van der Waals surface area contributed by atoms with Crippen molar-refractivity contribution in [2.24, 2.45) is 5.41 Å². The lowest BCUT2D eigenvalue weighted by Crippen LogP contribution is -2.40. The van der Waals surface area contributed by atoms with E-state index in [9.17, 15) is 14.7 Å². The van der Waals surface area contributed by atoms with Crippen LogP contribution in [-0.2, 0) is 9.59 Å². The molecule has 1 N–H and O–H groups in total. The van der Waals surface area contributed by atoms with Crippen LogP contribution in [0.2, 0.25) is 0 Å². The van der Waals surface area contributed by atoms with Crippen LogP contribution in [-0.4, -0.2) is 59.0 Å². The Morgan fingerprint density at radius 3 is 2.33 bits per heavy atom. The number of carboxylic acids is 1. The molecule has 3 fully saturated rings. The predicted octanol–water partition coefficient (Wildman–Crippen LogP) is 1.72. The molecule has 3 rings (SSSR count). The summed E-state index contributed by atoms with van der Waals surface area (Å²) >= 11 is 0. The van der Waals surface area contributed by atoms with E-state index < -0.39 is 11.4 Å². The van der Waals surface area contributed by atoms with Crippen molar-refractivity contribution in [3.8, 4) is 0 Å². The maximum atomic E-state index is 12.5. The van der Waals surface area contributed by atoms with Crippen molar-refractivity contribution in [2.75, 3.05) is 26.2 Å². The molecular weight excluding hydrogens is 268 g/mol. The number of hydrogen-bond donors (Lipinski definition) is 1. The van der Waals surface area contributed by atoms with Gasteiger partial charge in [-0.1, -0.05) is 12.8 Å². The van der Waals surface area contributed by atoms with E-state index in [-0.39, 0.29) is 12.3 Å². The Morgan fingerprint density at radius 2 is 1.71 bits per heavy atom. The lowest BCUT2D eigenvalue weighted by molar-refractivity contribution is -0.153. The number of hydrogen-bond acceptors (Lipinski definition) is 3. The smallest absolute Gasteiger partial charge is 0.310 e. The Labute approximate surface area is 126 Å². The highest BCUT2D eigenvalue weighted by molar-refractivity contribution is 5.85. The van der Waals surface area contributed by atoms with Crippen LogP contribution in [0.4, 0.5) is 0 Å².